The van der Waals surface area contributed by atoms with E-state index < -0.39 is 39.6 Å². The smallest absolute Gasteiger partial charge is 0.417 e. The molecule has 8 nitrogen and oxygen atoms in total. The average molecular weight is 488 g/mol. The Bertz CT molecular complexity index is 1210. The predicted octanol–water partition coefficient (Wildman–Crippen LogP) is 3.59. The average Bonchev–Trinajstić information content (AvgIpc) is 3.31. The molecule has 0 unspecified atom stereocenters. The van der Waals surface area contributed by atoms with E-state index in [1.54, 1.807) is 68.6 Å². The molecule has 2 aliphatic heterocycles. The van der Waals surface area contributed by atoms with E-state index in [0.29, 0.717) is 5.56 Å². The molecule has 174 valence electrons. The molecular formula is C23H25N3O5S2. The van der Waals surface area contributed by atoms with E-state index in [4.69, 9.17) is 4.74 Å². The van der Waals surface area contributed by atoms with Crippen molar-refractivity contribution >= 4 is 39.0 Å². The van der Waals surface area contributed by atoms with Gasteiger partial charge in [-0.25, -0.2) is 27.4 Å². The van der Waals surface area contributed by atoms with Gasteiger partial charge in [-0.2, -0.15) is 0 Å². The molecule has 0 radical (unpaired) electrons. The SMILES string of the molecule is CSC1=N[C@H](C(=O)N2C(=O)OCC2(C)C)[C@@H](c2ccccc2)N1S(=O)(=O)c1ccc(C)cc1. The lowest BCUT2D eigenvalue weighted by Crippen LogP contribution is -2.51. The summed E-state index contributed by atoms with van der Waals surface area (Å²) < 4.78 is 33.9. The Balaban J connectivity index is 1.85. The molecule has 0 aliphatic carbocycles. The van der Waals surface area contributed by atoms with E-state index in [1.807, 2.05) is 13.0 Å². The molecule has 2 aromatic carbocycles. The highest BCUT2D eigenvalue weighted by atomic mass is 32.2. The largest absolute Gasteiger partial charge is 0.447 e. The Morgan fingerprint density at radius 3 is 2.30 bits per heavy atom. The van der Waals surface area contributed by atoms with Gasteiger partial charge in [0.1, 0.15) is 12.6 Å². The number of carbonyl (C=O) groups excluding carboxylic acids is 2. The van der Waals surface area contributed by atoms with Crippen LogP contribution in [0.4, 0.5) is 4.79 Å². The molecular weight excluding hydrogens is 462 g/mol. The van der Waals surface area contributed by atoms with E-state index in [9.17, 15) is 18.0 Å². The highest BCUT2D eigenvalue weighted by Crippen LogP contribution is 2.41. The van der Waals surface area contributed by atoms with Crippen LogP contribution in [0.15, 0.2) is 64.5 Å². The van der Waals surface area contributed by atoms with Crippen molar-refractivity contribution in [3.05, 3.63) is 65.7 Å². The van der Waals surface area contributed by atoms with Crippen molar-refractivity contribution in [2.45, 2.75) is 43.3 Å². The van der Waals surface area contributed by atoms with Gasteiger partial charge in [0.15, 0.2) is 11.2 Å². The lowest BCUT2D eigenvalue weighted by Gasteiger charge is -2.32. The third kappa shape index (κ3) is 4.02. The van der Waals surface area contributed by atoms with Crippen LogP contribution < -0.4 is 0 Å². The van der Waals surface area contributed by atoms with Gasteiger partial charge in [0, 0.05) is 0 Å². The molecule has 0 spiro atoms. The van der Waals surface area contributed by atoms with Crippen molar-refractivity contribution in [1.82, 2.24) is 9.21 Å². The Kier molecular flexibility index (Phi) is 6.00. The molecule has 33 heavy (non-hydrogen) atoms. The normalized spacial score (nSPS) is 22.3. The van der Waals surface area contributed by atoms with Crippen LogP contribution in [0.2, 0.25) is 0 Å². The summed E-state index contributed by atoms with van der Waals surface area (Å²) in [5, 5.41) is 0.188. The predicted molar refractivity (Wildman–Crippen MR) is 126 cm³/mol. The molecule has 1 fully saturated rings. The maximum absolute atomic E-state index is 13.8. The van der Waals surface area contributed by atoms with Crippen LogP contribution in [0, 0.1) is 6.92 Å². The molecule has 0 N–H and O–H groups in total. The summed E-state index contributed by atoms with van der Waals surface area (Å²) in [6.07, 6.45) is 0.956. The monoisotopic (exact) mass is 487 g/mol. The first-order chi connectivity index (χ1) is 15.6. The summed E-state index contributed by atoms with van der Waals surface area (Å²) >= 11 is 1.14. The number of amides is 2. The fraction of sp³-hybridized carbons (Fsp3) is 0.348. The maximum Gasteiger partial charge on any atom is 0.417 e. The fourth-order valence-corrected chi connectivity index (χ4v) is 6.53. The number of thioether (sulfide) groups is 1. The maximum atomic E-state index is 13.8. The molecule has 0 bridgehead atoms. The topological polar surface area (TPSA) is 96.3 Å². The molecule has 0 aromatic heterocycles. The quantitative estimate of drug-likeness (QED) is 0.654. The standard InChI is InChI=1S/C23H25N3O5S2/c1-15-10-12-17(13-11-15)33(29,30)26-19(16-8-6-5-7-9-16)18(24-21(26)32-4)20(27)25-22(28)31-14-23(25,2)3/h5-13,18-19H,14H2,1-4H3/t18-,19+/m0/s1. The summed E-state index contributed by atoms with van der Waals surface area (Å²) in [7, 11) is -4.05. The first-order valence-electron chi connectivity index (χ1n) is 10.4. The van der Waals surface area contributed by atoms with E-state index in [1.165, 1.54) is 4.31 Å². The zero-order valence-electron chi connectivity index (χ0n) is 18.8. The molecule has 0 saturated carbocycles. The number of amidine groups is 1. The van der Waals surface area contributed by atoms with Gasteiger partial charge in [-0.05, 0) is 44.7 Å². The first kappa shape index (κ1) is 23.3. The Morgan fingerprint density at radius 1 is 1.12 bits per heavy atom. The number of nitrogens with zero attached hydrogens (tertiary/aromatic N) is 3. The van der Waals surface area contributed by atoms with Crippen LogP contribution in [0.5, 0.6) is 0 Å². The van der Waals surface area contributed by atoms with Gasteiger partial charge >= 0.3 is 6.09 Å². The van der Waals surface area contributed by atoms with E-state index in [2.05, 4.69) is 4.99 Å². The van der Waals surface area contributed by atoms with E-state index in [0.717, 1.165) is 22.2 Å². The van der Waals surface area contributed by atoms with Crippen LogP contribution in [0.3, 0.4) is 0 Å². The Morgan fingerprint density at radius 2 is 1.76 bits per heavy atom. The minimum Gasteiger partial charge on any atom is -0.447 e. The summed E-state index contributed by atoms with van der Waals surface area (Å²) in [6, 6.07) is 13.3. The van der Waals surface area contributed by atoms with Crippen LogP contribution in [0.1, 0.15) is 31.0 Å². The van der Waals surface area contributed by atoms with Gasteiger partial charge in [-0.1, -0.05) is 59.8 Å². The van der Waals surface area contributed by atoms with Crippen LogP contribution in [-0.4, -0.2) is 59.2 Å². The third-order valence-electron chi connectivity index (χ3n) is 5.70. The first-order valence-corrected chi connectivity index (χ1v) is 13.0. The van der Waals surface area contributed by atoms with Gasteiger partial charge < -0.3 is 4.74 Å². The molecule has 4 rings (SSSR count). The third-order valence-corrected chi connectivity index (χ3v) is 8.27. The molecule has 2 aromatic rings. The number of ether oxygens (including phenoxy) is 1. The van der Waals surface area contributed by atoms with Gasteiger partial charge in [-0.3, -0.25) is 4.79 Å². The highest BCUT2D eigenvalue weighted by Gasteiger charge is 2.53. The number of imide groups is 1. The minimum absolute atomic E-state index is 0.0603. The van der Waals surface area contributed by atoms with Crippen molar-refractivity contribution in [2.24, 2.45) is 4.99 Å². The van der Waals surface area contributed by atoms with Gasteiger partial charge in [0.05, 0.1) is 10.4 Å². The number of aryl methyl sites for hydroxylation is 1. The number of cyclic esters (lactones) is 1. The van der Waals surface area contributed by atoms with Gasteiger partial charge in [0.2, 0.25) is 0 Å². The molecule has 2 atom stereocenters. The molecule has 10 heteroatoms. The van der Waals surface area contributed by atoms with Crippen LogP contribution in [0.25, 0.3) is 0 Å². The second-order valence-electron chi connectivity index (χ2n) is 8.57. The second kappa shape index (κ2) is 8.49. The number of benzene rings is 2. The number of hydrogen-bond acceptors (Lipinski definition) is 7. The second-order valence-corrected chi connectivity index (χ2v) is 11.2. The van der Waals surface area contributed by atoms with Crippen LogP contribution >= 0.6 is 11.8 Å². The number of carbonyl (C=O) groups is 2. The minimum atomic E-state index is -4.05. The Hall–Kier alpha value is -2.85. The summed E-state index contributed by atoms with van der Waals surface area (Å²) in [4.78, 5) is 31.8. The highest BCUT2D eigenvalue weighted by molar-refractivity contribution is 8.14. The van der Waals surface area contributed by atoms with Gasteiger partial charge in [-0.15, -0.1) is 0 Å². The van der Waals surface area contributed by atoms with E-state index >= 15 is 0 Å². The number of aliphatic imine (C=N–C) groups is 1. The van der Waals surface area contributed by atoms with E-state index in [-0.39, 0.29) is 16.7 Å². The van der Waals surface area contributed by atoms with Crippen molar-refractivity contribution in [3.63, 3.8) is 0 Å². The molecule has 1 saturated heterocycles. The van der Waals surface area contributed by atoms with Crippen LogP contribution in [-0.2, 0) is 19.6 Å². The summed E-state index contributed by atoms with van der Waals surface area (Å²) in [5.74, 6) is -0.593. The van der Waals surface area contributed by atoms with Crippen molar-refractivity contribution < 1.29 is 22.7 Å². The Labute approximate surface area is 197 Å². The lowest BCUT2D eigenvalue weighted by atomic mass is 9.97. The van der Waals surface area contributed by atoms with Crippen molar-refractivity contribution in [2.75, 3.05) is 12.9 Å². The van der Waals surface area contributed by atoms with Crippen molar-refractivity contribution in [1.29, 1.82) is 0 Å². The summed E-state index contributed by atoms with van der Waals surface area (Å²) in [5.41, 5.74) is 0.662. The fourth-order valence-electron chi connectivity index (χ4n) is 4.01. The number of rotatable bonds is 4. The summed E-state index contributed by atoms with van der Waals surface area (Å²) in [6.45, 7) is 5.38. The zero-order valence-corrected chi connectivity index (χ0v) is 20.4. The molecule has 2 heterocycles. The lowest BCUT2D eigenvalue weighted by molar-refractivity contribution is -0.132. The zero-order chi connectivity index (χ0) is 24.0. The molecule has 2 aliphatic rings. The van der Waals surface area contributed by atoms with Gasteiger partial charge in [0.25, 0.3) is 15.9 Å². The van der Waals surface area contributed by atoms with Crippen molar-refractivity contribution in [3.8, 4) is 0 Å². The molecule has 2 amide bonds. The number of hydrogen-bond donors (Lipinski definition) is 0. The number of sulfonamides is 1.